The molecule has 0 bridgehead atoms. The van der Waals surface area contributed by atoms with Crippen LogP contribution in [0.25, 0.3) is 0 Å². The van der Waals surface area contributed by atoms with Crippen molar-refractivity contribution in [3.05, 3.63) is 29.3 Å². The summed E-state index contributed by atoms with van der Waals surface area (Å²) in [6.07, 6.45) is 1.45. The Kier molecular flexibility index (Phi) is 4.49. The molecule has 0 unspecified atom stereocenters. The summed E-state index contributed by atoms with van der Waals surface area (Å²) in [5.74, 6) is -1.50. The van der Waals surface area contributed by atoms with Gasteiger partial charge >= 0.3 is 0 Å². The van der Waals surface area contributed by atoms with Gasteiger partial charge in [0.15, 0.2) is 11.6 Å². The summed E-state index contributed by atoms with van der Waals surface area (Å²) >= 11 is 0. The molecule has 20 heavy (non-hydrogen) atoms. The first-order valence-electron chi connectivity index (χ1n) is 6.39. The van der Waals surface area contributed by atoms with Crippen LogP contribution in [-0.4, -0.2) is 30.6 Å². The average Bonchev–Trinajstić information content (AvgIpc) is 2.44. The van der Waals surface area contributed by atoms with Crippen LogP contribution in [-0.2, 0) is 0 Å². The van der Waals surface area contributed by atoms with Gasteiger partial charge in [-0.05, 0) is 25.0 Å². The van der Waals surface area contributed by atoms with E-state index in [0.717, 1.165) is 38.1 Å². The Morgan fingerprint density at radius 2 is 1.80 bits per heavy atom. The fourth-order valence-electron chi connectivity index (χ4n) is 2.32. The molecular weight excluding hydrogens is 262 g/mol. The number of hydrogen-bond donors (Lipinski definition) is 1. The minimum absolute atomic E-state index is 0.0260. The number of nitrogens with zero attached hydrogens (tertiary/aromatic N) is 3. The van der Waals surface area contributed by atoms with E-state index in [1.807, 2.05) is 4.90 Å². The molecule has 0 atom stereocenters. The summed E-state index contributed by atoms with van der Waals surface area (Å²) in [4.78, 5) is 2.00. The summed E-state index contributed by atoms with van der Waals surface area (Å²) in [6.45, 7) is 1.84. The van der Waals surface area contributed by atoms with Crippen molar-refractivity contribution in [2.45, 2.75) is 18.9 Å². The number of halogens is 2. The van der Waals surface area contributed by atoms with Gasteiger partial charge in [0.05, 0.1) is 24.2 Å². The standard InChI is InChI=1S/C14H14F2N4/c15-12-7-10(9-18)8-13(16)14(12)19-11-1-4-20(5-2-11)6-3-17/h7-8,11,19H,1-2,4-6H2. The quantitative estimate of drug-likeness (QED) is 0.860. The van der Waals surface area contributed by atoms with Crippen LogP contribution >= 0.6 is 0 Å². The number of likely N-dealkylation sites (tertiary alicyclic amines) is 1. The van der Waals surface area contributed by atoms with Gasteiger partial charge in [-0.3, -0.25) is 4.90 Å². The Hall–Kier alpha value is -2.18. The van der Waals surface area contributed by atoms with Crippen LogP contribution in [0, 0.1) is 34.3 Å². The van der Waals surface area contributed by atoms with Crippen LogP contribution in [0.2, 0.25) is 0 Å². The van der Waals surface area contributed by atoms with Crippen LogP contribution in [0.5, 0.6) is 0 Å². The van der Waals surface area contributed by atoms with Crippen molar-refractivity contribution in [1.29, 1.82) is 10.5 Å². The third-order valence-corrected chi connectivity index (χ3v) is 3.40. The Morgan fingerprint density at radius 1 is 1.20 bits per heavy atom. The summed E-state index contributed by atoms with van der Waals surface area (Å²) in [7, 11) is 0. The molecule has 1 N–H and O–H groups in total. The minimum atomic E-state index is -0.749. The van der Waals surface area contributed by atoms with Gasteiger partial charge in [-0.25, -0.2) is 8.78 Å². The fraction of sp³-hybridized carbons (Fsp3) is 0.429. The molecule has 1 fully saturated rings. The Morgan fingerprint density at radius 3 is 2.30 bits per heavy atom. The maximum atomic E-state index is 13.7. The van der Waals surface area contributed by atoms with E-state index in [1.54, 1.807) is 6.07 Å². The van der Waals surface area contributed by atoms with Gasteiger partial charge in [0, 0.05) is 19.1 Å². The largest absolute Gasteiger partial charge is 0.377 e. The zero-order chi connectivity index (χ0) is 14.5. The van der Waals surface area contributed by atoms with Gasteiger partial charge in [0.25, 0.3) is 0 Å². The first kappa shape index (κ1) is 14.2. The molecule has 0 aliphatic carbocycles. The fourth-order valence-corrected chi connectivity index (χ4v) is 2.32. The lowest BCUT2D eigenvalue weighted by molar-refractivity contribution is 0.242. The predicted octanol–water partition coefficient (Wildman–Crippen LogP) is 2.24. The maximum Gasteiger partial charge on any atom is 0.150 e. The summed E-state index contributed by atoms with van der Waals surface area (Å²) in [6, 6.07) is 5.82. The van der Waals surface area contributed by atoms with Crippen LogP contribution in [0.4, 0.5) is 14.5 Å². The molecule has 1 heterocycles. The monoisotopic (exact) mass is 276 g/mol. The van der Waals surface area contributed by atoms with Gasteiger partial charge in [0.1, 0.15) is 5.69 Å². The number of nitriles is 2. The van der Waals surface area contributed by atoms with E-state index < -0.39 is 11.6 Å². The Bertz CT molecular complexity index is 543. The van der Waals surface area contributed by atoms with E-state index in [1.165, 1.54) is 0 Å². The van der Waals surface area contributed by atoms with E-state index in [9.17, 15) is 8.78 Å². The highest BCUT2D eigenvalue weighted by Gasteiger charge is 2.21. The van der Waals surface area contributed by atoms with Crippen molar-refractivity contribution in [3.8, 4) is 12.1 Å². The topological polar surface area (TPSA) is 62.9 Å². The summed E-state index contributed by atoms with van der Waals surface area (Å²) in [5, 5.41) is 20.1. The molecule has 0 aromatic heterocycles. The first-order chi connectivity index (χ1) is 9.63. The van der Waals surface area contributed by atoms with Crippen molar-refractivity contribution >= 4 is 5.69 Å². The van der Waals surface area contributed by atoms with Gasteiger partial charge < -0.3 is 5.32 Å². The zero-order valence-corrected chi connectivity index (χ0v) is 10.9. The minimum Gasteiger partial charge on any atom is -0.377 e. The highest BCUT2D eigenvalue weighted by molar-refractivity contribution is 5.51. The van der Waals surface area contributed by atoms with Gasteiger partial charge in [-0.15, -0.1) is 0 Å². The van der Waals surface area contributed by atoms with Crippen molar-refractivity contribution in [3.63, 3.8) is 0 Å². The Labute approximate surface area is 116 Å². The van der Waals surface area contributed by atoms with E-state index in [4.69, 9.17) is 10.5 Å². The lowest BCUT2D eigenvalue weighted by atomic mass is 10.0. The molecule has 1 aliphatic heterocycles. The third kappa shape index (κ3) is 3.23. The summed E-state index contributed by atoms with van der Waals surface area (Å²) < 4.78 is 27.5. The highest BCUT2D eigenvalue weighted by atomic mass is 19.1. The smallest absolute Gasteiger partial charge is 0.150 e. The first-order valence-corrected chi connectivity index (χ1v) is 6.39. The second-order valence-corrected chi connectivity index (χ2v) is 4.78. The number of hydrogen-bond acceptors (Lipinski definition) is 4. The molecule has 104 valence electrons. The second kappa shape index (κ2) is 6.31. The van der Waals surface area contributed by atoms with Crippen LogP contribution < -0.4 is 5.32 Å². The van der Waals surface area contributed by atoms with Crippen LogP contribution in [0.1, 0.15) is 18.4 Å². The molecule has 2 rings (SSSR count). The second-order valence-electron chi connectivity index (χ2n) is 4.78. The van der Waals surface area contributed by atoms with Crippen molar-refractivity contribution in [1.82, 2.24) is 4.90 Å². The zero-order valence-electron chi connectivity index (χ0n) is 10.9. The Balaban J connectivity index is 2.02. The van der Waals surface area contributed by atoms with Crippen molar-refractivity contribution in [2.75, 3.05) is 25.0 Å². The SMILES string of the molecule is N#CCN1CCC(Nc2c(F)cc(C#N)cc2F)CC1. The van der Waals surface area contributed by atoms with E-state index in [2.05, 4.69) is 11.4 Å². The molecule has 0 spiro atoms. The van der Waals surface area contributed by atoms with Crippen LogP contribution in [0.15, 0.2) is 12.1 Å². The molecule has 1 aromatic carbocycles. The molecule has 0 amide bonds. The molecular formula is C14H14F2N4. The predicted molar refractivity (Wildman–Crippen MR) is 69.8 cm³/mol. The van der Waals surface area contributed by atoms with Gasteiger partial charge in [-0.2, -0.15) is 10.5 Å². The molecule has 0 saturated carbocycles. The normalized spacial score (nSPS) is 16.4. The van der Waals surface area contributed by atoms with E-state index >= 15 is 0 Å². The number of piperidine rings is 1. The molecule has 0 radical (unpaired) electrons. The molecule has 6 heteroatoms. The summed E-state index contributed by atoms with van der Waals surface area (Å²) in [5.41, 5.74) is -0.211. The number of benzene rings is 1. The number of nitrogens with one attached hydrogen (secondary N) is 1. The number of anilines is 1. The lowest BCUT2D eigenvalue weighted by Crippen LogP contribution is -2.39. The van der Waals surface area contributed by atoms with Gasteiger partial charge in [-0.1, -0.05) is 0 Å². The third-order valence-electron chi connectivity index (χ3n) is 3.40. The van der Waals surface area contributed by atoms with Crippen molar-refractivity contribution < 1.29 is 8.78 Å². The average molecular weight is 276 g/mol. The van der Waals surface area contributed by atoms with Crippen LogP contribution in [0.3, 0.4) is 0 Å². The number of rotatable bonds is 3. The van der Waals surface area contributed by atoms with Crippen molar-refractivity contribution in [2.24, 2.45) is 0 Å². The molecule has 1 saturated heterocycles. The van der Waals surface area contributed by atoms with E-state index in [-0.39, 0.29) is 17.3 Å². The highest BCUT2D eigenvalue weighted by Crippen LogP contribution is 2.23. The molecule has 1 aromatic rings. The lowest BCUT2D eigenvalue weighted by Gasteiger charge is -2.31. The molecule has 1 aliphatic rings. The maximum absolute atomic E-state index is 13.7. The van der Waals surface area contributed by atoms with E-state index in [0.29, 0.717) is 6.54 Å². The molecule has 4 nitrogen and oxygen atoms in total. The van der Waals surface area contributed by atoms with Gasteiger partial charge in [0.2, 0.25) is 0 Å².